The molecular formula is C16H24ClN3OS. The maximum Gasteiger partial charge on any atom is 0.237 e. The van der Waals surface area contributed by atoms with Gasteiger partial charge in [-0.3, -0.25) is 9.69 Å². The first kappa shape index (κ1) is 16.2. The van der Waals surface area contributed by atoms with Crippen molar-refractivity contribution in [1.82, 2.24) is 15.5 Å². The molecule has 6 heteroatoms. The summed E-state index contributed by atoms with van der Waals surface area (Å²) in [7, 11) is 0. The van der Waals surface area contributed by atoms with Crippen molar-refractivity contribution in [3.63, 3.8) is 0 Å². The average Bonchev–Trinajstić information content (AvgIpc) is 3.17. The monoisotopic (exact) mass is 341 g/mol. The maximum absolute atomic E-state index is 12.1. The number of halogens is 1. The molecule has 2 N–H and O–H groups in total. The van der Waals surface area contributed by atoms with E-state index in [9.17, 15) is 4.79 Å². The largest absolute Gasteiger partial charge is 0.354 e. The summed E-state index contributed by atoms with van der Waals surface area (Å²) in [5.41, 5.74) is 0. The Kier molecular flexibility index (Phi) is 5.74. The van der Waals surface area contributed by atoms with Crippen LogP contribution in [0.3, 0.4) is 0 Å². The molecule has 0 saturated carbocycles. The van der Waals surface area contributed by atoms with Crippen LogP contribution in [0.5, 0.6) is 0 Å². The summed E-state index contributed by atoms with van der Waals surface area (Å²) in [6.45, 7) is 4.96. The van der Waals surface area contributed by atoms with Gasteiger partial charge in [0.2, 0.25) is 5.91 Å². The third-order valence-corrected chi connectivity index (χ3v) is 5.77. The highest BCUT2D eigenvalue weighted by atomic mass is 35.5. The van der Waals surface area contributed by atoms with Crippen LogP contribution < -0.4 is 10.6 Å². The van der Waals surface area contributed by atoms with Crippen molar-refractivity contribution >= 4 is 28.8 Å². The number of carbonyl (C=O) groups excluding carboxylic acids is 1. The number of nitrogens with zero attached hydrogens (tertiary/aromatic N) is 1. The topological polar surface area (TPSA) is 44.4 Å². The second kappa shape index (κ2) is 7.77. The minimum Gasteiger partial charge on any atom is -0.354 e. The summed E-state index contributed by atoms with van der Waals surface area (Å²) < 4.78 is 0.861. The molecule has 4 nitrogen and oxygen atoms in total. The summed E-state index contributed by atoms with van der Waals surface area (Å²) in [5.74, 6) is 0.745. The van der Waals surface area contributed by atoms with E-state index in [1.54, 1.807) is 11.3 Å². The third kappa shape index (κ3) is 4.44. The van der Waals surface area contributed by atoms with E-state index in [1.165, 1.54) is 17.7 Å². The number of nitrogens with one attached hydrogen (secondary N) is 2. The van der Waals surface area contributed by atoms with Crippen LogP contribution in [-0.2, 0) is 11.3 Å². The fraction of sp³-hybridized carbons (Fsp3) is 0.688. The van der Waals surface area contributed by atoms with Crippen molar-refractivity contribution in [3.05, 3.63) is 21.3 Å². The minimum absolute atomic E-state index is 0.0351. The molecular weight excluding hydrogens is 318 g/mol. The van der Waals surface area contributed by atoms with Crippen molar-refractivity contribution in [2.24, 2.45) is 5.92 Å². The Balaban J connectivity index is 1.43. The van der Waals surface area contributed by atoms with Gasteiger partial charge in [-0.25, -0.2) is 0 Å². The normalized spacial score (nSPS) is 26.2. The van der Waals surface area contributed by atoms with E-state index in [1.807, 2.05) is 6.07 Å². The number of hydrogen-bond acceptors (Lipinski definition) is 4. The summed E-state index contributed by atoms with van der Waals surface area (Å²) in [6, 6.07) is 4.12. The van der Waals surface area contributed by atoms with Crippen LogP contribution in [0, 0.1) is 5.92 Å². The van der Waals surface area contributed by atoms with Crippen molar-refractivity contribution < 1.29 is 4.79 Å². The first-order valence-corrected chi connectivity index (χ1v) is 9.38. The number of amides is 1. The molecule has 1 amide bonds. The van der Waals surface area contributed by atoms with E-state index in [4.69, 9.17) is 11.6 Å². The first-order valence-electron chi connectivity index (χ1n) is 8.18. The predicted molar refractivity (Wildman–Crippen MR) is 91.4 cm³/mol. The number of rotatable bonds is 5. The Morgan fingerprint density at radius 3 is 3.05 bits per heavy atom. The van der Waals surface area contributed by atoms with Gasteiger partial charge in [0.05, 0.1) is 10.4 Å². The summed E-state index contributed by atoms with van der Waals surface area (Å²) >= 11 is 7.66. The van der Waals surface area contributed by atoms with E-state index < -0.39 is 0 Å². The molecule has 0 aromatic carbocycles. The second-order valence-corrected chi connectivity index (χ2v) is 8.14. The molecule has 0 aliphatic carbocycles. The van der Waals surface area contributed by atoms with Gasteiger partial charge in [-0.05, 0) is 56.8 Å². The van der Waals surface area contributed by atoms with E-state index in [0.717, 1.165) is 49.9 Å². The van der Waals surface area contributed by atoms with Crippen LogP contribution in [0.4, 0.5) is 0 Å². The molecule has 2 aliphatic heterocycles. The van der Waals surface area contributed by atoms with Crippen molar-refractivity contribution in [1.29, 1.82) is 0 Å². The second-order valence-electron chi connectivity index (χ2n) is 6.34. The van der Waals surface area contributed by atoms with Gasteiger partial charge in [-0.1, -0.05) is 11.6 Å². The molecule has 0 bridgehead atoms. The van der Waals surface area contributed by atoms with Crippen molar-refractivity contribution in [3.8, 4) is 0 Å². The average molecular weight is 342 g/mol. The summed E-state index contributed by atoms with van der Waals surface area (Å²) in [6.07, 6.45) is 4.50. The van der Waals surface area contributed by atoms with Crippen molar-refractivity contribution in [2.45, 2.75) is 38.3 Å². The SMILES string of the molecule is O=C(NCC1CCCN(Cc2ccc(Cl)s2)C1)C1CCCN1. The molecule has 2 fully saturated rings. The third-order valence-electron chi connectivity index (χ3n) is 4.55. The number of piperidine rings is 1. The lowest BCUT2D eigenvalue weighted by Gasteiger charge is -2.32. The Hall–Kier alpha value is -0.620. The highest BCUT2D eigenvalue weighted by Crippen LogP contribution is 2.25. The first-order chi connectivity index (χ1) is 10.7. The van der Waals surface area contributed by atoms with Crippen molar-refractivity contribution in [2.75, 3.05) is 26.2 Å². The molecule has 2 atom stereocenters. The van der Waals surface area contributed by atoms with Gasteiger partial charge < -0.3 is 10.6 Å². The van der Waals surface area contributed by atoms with Gasteiger partial charge in [-0.2, -0.15) is 0 Å². The van der Waals surface area contributed by atoms with E-state index in [-0.39, 0.29) is 11.9 Å². The standard InChI is InChI=1S/C16H24ClN3OS/c17-15-6-5-13(22-15)11-20-8-2-3-12(10-20)9-19-16(21)14-4-1-7-18-14/h5-6,12,14,18H,1-4,7-11H2,(H,19,21). The van der Waals surface area contributed by atoms with Gasteiger partial charge >= 0.3 is 0 Å². The molecule has 2 saturated heterocycles. The van der Waals surface area contributed by atoms with Gasteiger partial charge in [-0.15, -0.1) is 11.3 Å². The van der Waals surface area contributed by atoms with Gasteiger partial charge in [0.1, 0.15) is 0 Å². The smallest absolute Gasteiger partial charge is 0.237 e. The molecule has 3 rings (SSSR count). The van der Waals surface area contributed by atoms with Crippen LogP contribution in [-0.4, -0.2) is 43.0 Å². The lowest BCUT2D eigenvalue weighted by Crippen LogP contribution is -2.45. The van der Waals surface area contributed by atoms with Crippen LogP contribution in [0.2, 0.25) is 4.34 Å². The zero-order valence-corrected chi connectivity index (χ0v) is 14.4. The molecule has 0 radical (unpaired) electrons. The zero-order valence-electron chi connectivity index (χ0n) is 12.8. The fourth-order valence-electron chi connectivity index (χ4n) is 3.40. The van der Waals surface area contributed by atoms with Crippen LogP contribution in [0.15, 0.2) is 12.1 Å². The lowest BCUT2D eigenvalue weighted by atomic mass is 9.97. The van der Waals surface area contributed by atoms with E-state index >= 15 is 0 Å². The molecule has 0 spiro atoms. The van der Waals surface area contributed by atoms with Crippen LogP contribution >= 0.6 is 22.9 Å². The van der Waals surface area contributed by atoms with Gasteiger partial charge in [0.25, 0.3) is 0 Å². The Morgan fingerprint density at radius 2 is 2.32 bits per heavy atom. The Labute approximate surface area is 141 Å². The number of likely N-dealkylation sites (tertiary alicyclic amines) is 1. The van der Waals surface area contributed by atoms with E-state index in [2.05, 4.69) is 21.6 Å². The molecule has 2 unspecified atom stereocenters. The Bertz CT molecular complexity index is 501. The molecule has 2 aliphatic rings. The van der Waals surface area contributed by atoms with Crippen LogP contribution in [0.1, 0.15) is 30.6 Å². The lowest BCUT2D eigenvalue weighted by molar-refractivity contribution is -0.123. The Morgan fingerprint density at radius 1 is 1.41 bits per heavy atom. The van der Waals surface area contributed by atoms with Gasteiger partial charge in [0.15, 0.2) is 0 Å². The van der Waals surface area contributed by atoms with Gasteiger partial charge in [0, 0.05) is 24.5 Å². The fourth-order valence-corrected chi connectivity index (χ4v) is 4.53. The maximum atomic E-state index is 12.1. The molecule has 22 heavy (non-hydrogen) atoms. The number of carbonyl (C=O) groups is 1. The number of hydrogen-bond donors (Lipinski definition) is 2. The summed E-state index contributed by atoms with van der Waals surface area (Å²) in [4.78, 5) is 15.9. The quantitative estimate of drug-likeness (QED) is 0.864. The highest BCUT2D eigenvalue weighted by molar-refractivity contribution is 7.16. The van der Waals surface area contributed by atoms with Crippen LogP contribution in [0.25, 0.3) is 0 Å². The summed E-state index contributed by atoms with van der Waals surface area (Å²) in [5, 5.41) is 6.39. The predicted octanol–water partition coefficient (Wildman–Crippen LogP) is 2.48. The number of thiophene rings is 1. The molecule has 1 aromatic rings. The molecule has 122 valence electrons. The van der Waals surface area contributed by atoms with E-state index in [0.29, 0.717) is 5.92 Å². The molecule has 1 aromatic heterocycles. The minimum atomic E-state index is 0.0351. The molecule has 3 heterocycles. The zero-order chi connectivity index (χ0) is 15.4. The highest BCUT2D eigenvalue weighted by Gasteiger charge is 2.24.